The molecule has 1 fully saturated rings. The number of alkyl carbamates (subject to hydrolysis) is 1. The van der Waals surface area contributed by atoms with E-state index in [-0.39, 0.29) is 19.6 Å². The van der Waals surface area contributed by atoms with E-state index in [0.717, 1.165) is 11.8 Å². The first-order valence-electron chi connectivity index (χ1n) is 8.38. The van der Waals surface area contributed by atoms with Crippen LogP contribution >= 0.6 is 0 Å². The molecule has 0 aliphatic carbocycles. The number of rotatable bonds is 8. The molecule has 1 aliphatic rings. The quantitative estimate of drug-likeness (QED) is 0.652. The Morgan fingerprint density at radius 3 is 2.73 bits per heavy atom. The molecular formula is C16H22N2O7S. The molecule has 0 radical (unpaired) electrons. The molecule has 1 saturated heterocycles. The van der Waals surface area contributed by atoms with Gasteiger partial charge in [0.1, 0.15) is 6.61 Å². The minimum atomic E-state index is -4.02. The van der Waals surface area contributed by atoms with E-state index in [9.17, 15) is 18.0 Å². The number of nitrogens with one attached hydrogen (secondary N) is 1. The molecule has 26 heavy (non-hydrogen) atoms. The second kappa shape index (κ2) is 8.02. The molecule has 9 nitrogen and oxygen atoms in total. The van der Waals surface area contributed by atoms with Gasteiger partial charge in [-0.25, -0.2) is 17.5 Å². The van der Waals surface area contributed by atoms with Crippen LogP contribution in [0.4, 0.5) is 4.79 Å². The molecule has 0 spiro atoms. The highest BCUT2D eigenvalue weighted by molar-refractivity contribution is 7.89. The van der Waals surface area contributed by atoms with Crippen LogP contribution in [0.3, 0.4) is 0 Å². The predicted molar refractivity (Wildman–Crippen MR) is 91.3 cm³/mol. The molecule has 2 rings (SSSR count). The number of sulfonamides is 1. The molecule has 2 atom stereocenters. The van der Waals surface area contributed by atoms with E-state index in [4.69, 9.17) is 10.9 Å². The summed E-state index contributed by atoms with van der Waals surface area (Å²) in [5.41, 5.74) is -1.09. The molecule has 0 bridgehead atoms. The number of aliphatic hydroxyl groups excluding tert-OH is 1. The minimum Gasteiger partial charge on any atom is -0.445 e. The van der Waals surface area contributed by atoms with Crippen LogP contribution < -0.4 is 5.32 Å². The number of ether oxygens (including phenoxy) is 2. The summed E-state index contributed by atoms with van der Waals surface area (Å²) in [5, 5.41) is 6.84. The zero-order chi connectivity index (χ0) is 20.1. The smallest absolute Gasteiger partial charge is 0.407 e. The lowest BCUT2D eigenvalue weighted by Crippen LogP contribution is -2.62. The summed E-state index contributed by atoms with van der Waals surface area (Å²) in [6.07, 6.45) is -0.337. The summed E-state index contributed by atoms with van der Waals surface area (Å²) < 4.78 is 42.5. The van der Waals surface area contributed by atoms with E-state index in [1.807, 2.05) is 6.07 Å². The van der Waals surface area contributed by atoms with Gasteiger partial charge in [0.25, 0.3) is 0 Å². The Morgan fingerprint density at radius 2 is 2.15 bits per heavy atom. The monoisotopic (exact) mass is 388 g/mol. The van der Waals surface area contributed by atoms with Crippen LogP contribution in [0.1, 0.15) is 18.9 Å². The van der Waals surface area contributed by atoms with Crippen LogP contribution in [-0.2, 0) is 30.9 Å². The number of hydrogen-bond donors (Lipinski definition) is 2. The second-order valence-electron chi connectivity index (χ2n) is 5.81. The third kappa shape index (κ3) is 4.14. The maximum Gasteiger partial charge on any atom is 0.407 e. The van der Waals surface area contributed by atoms with Gasteiger partial charge in [-0.05, 0) is 12.5 Å². The van der Waals surface area contributed by atoms with Crippen LogP contribution in [0, 0.1) is 0 Å². The van der Waals surface area contributed by atoms with Gasteiger partial charge in [0.2, 0.25) is 23.1 Å². The van der Waals surface area contributed by atoms with E-state index in [1.54, 1.807) is 31.2 Å². The van der Waals surface area contributed by atoms with Crippen LogP contribution in [0.15, 0.2) is 30.3 Å². The Morgan fingerprint density at radius 1 is 1.46 bits per heavy atom. The fourth-order valence-electron chi connectivity index (χ4n) is 2.92. The number of aliphatic hydroxyl groups is 1. The highest BCUT2D eigenvalue weighted by Gasteiger charge is 2.58. The number of carbonyl (C=O) groups excluding carboxylic acids is 2. The van der Waals surface area contributed by atoms with E-state index >= 15 is 0 Å². The summed E-state index contributed by atoms with van der Waals surface area (Å²) in [5.74, 6) is -0.767. The molecule has 1 aromatic rings. The van der Waals surface area contributed by atoms with Gasteiger partial charge in [0.05, 0.1) is 25.3 Å². The van der Waals surface area contributed by atoms with Gasteiger partial charge in [-0.2, -0.15) is 0 Å². The first-order chi connectivity index (χ1) is 12.7. The summed E-state index contributed by atoms with van der Waals surface area (Å²) in [6.45, 7) is 1.06. The van der Waals surface area contributed by atoms with Gasteiger partial charge in [-0.3, -0.25) is 4.79 Å². The molecule has 1 aliphatic heterocycles. The fourth-order valence-corrected chi connectivity index (χ4v) is 4.15. The number of nitrogens with zero attached hydrogens (tertiary/aromatic N) is 1. The standard InChI is InChI=1S/C16H22N2O7S/c1-3-25-16(11-19)13(9-14(20)18(16)26(2,22)23)17-15(21)24-10-12-7-5-4-6-8-12/h4-8,13,19H,3,9-11H2,1-2H3,(H,17,21)/t13-,16?/m0/s1/i19T. The highest BCUT2D eigenvalue weighted by atomic mass is 32.2. The molecular weight excluding hydrogens is 364 g/mol. The van der Waals surface area contributed by atoms with Crippen LogP contribution in [0.25, 0.3) is 0 Å². The predicted octanol–water partition coefficient (Wildman–Crippen LogP) is 0.198. The van der Waals surface area contributed by atoms with Crippen molar-refractivity contribution in [3.05, 3.63) is 35.9 Å². The zero-order valence-electron chi connectivity index (χ0n) is 15.5. The Kier molecular flexibility index (Phi) is 5.74. The summed E-state index contributed by atoms with van der Waals surface area (Å²) in [7, 11) is -4.02. The lowest BCUT2D eigenvalue weighted by atomic mass is 10.1. The molecule has 144 valence electrons. The SMILES string of the molecule is [3H]OCC1(OCC)[C@@H](NC(=O)OCc2ccccc2)CC(=O)N1S(C)(=O)=O. The molecule has 0 aromatic heterocycles. The van der Waals surface area contributed by atoms with E-state index in [0.29, 0.717) is 4.31 Å². The Bertz CT molecular complexity index is 766. The van der Waals surface area contributed by atoms with Crippen molar-refractivity contribution in [3.63, 3.8) is 0 Å². The summed E-state index contributed by atoms with van der Waals surface area (Å²) >= 11 is 0. The summed E-state index contributed by atoms with van der Waals surface area (Å²) in [6, 6.07) is 7.88. The second-order valence-corrected chi connectivity index (χ2v) is 7.64. The molecule has 1 unspecified atom stereocenters. The van der Waals surface area contributed by atoms with Crippen molar-refractivity contribution in [2.45, 2.75) is 31.7 Å². The van der Waals surface area contributed by atoms with Gasteiger partial charge in [-0.15, -0.1) is 0 Å². The molecule has 0 saturated carbocycles. The molecule has 10 heteroatoms. The van der Waals surface area contributed by atoms with Gasteiger partial charge in [0.15, 0.2) is 0 Å². The average molecular weight is 388 g/mol. The van der Waals surface area contributed by atoms with Crippen molar-refractivity contribution < 1.29 is 32.6 Å². The van der Waals surface area contributed by atoms with Crippen LogP contribution in [0.5, 0.6) is 0 Å². The first kappa shape index (κ1) is 18.6. The maximum absolute atomic E-state index is 12.3. The van der Waals surface area contributed by atoms with Crippen molar-refractivity contribution in [3.8, 4) is 0 Å². The molecule has 1 aromatic carbocycles. The lowest BCUT2D eigenvalue weighted by molar-refractivity contribution is -0.155. The van der Waals surface area contributed by atoms with Gasteiger partial charge in [0, 0.05) is 6.61 Å². The number of benzene rings is 1. The van der Waals surface area contributed by atoms with Crippen molar-refractivity contribution in [1.82, 2.24) is 9.62 Å². The maximum atomic E-state index is 12.3. The number of hydrogen-bond acceptors (Lipinski definition) is 7. The lowest BCUT2D eigenvalue weighted by Gasteiger charge is -2.38. The van der Waals surface area contributed by atoms with Crippen molar-refractivity contribution >= 4 is 22.0 Å². The Balaban J connectivity index is 2.19. The zero-order valence-corrected chi connectivity index (χ0v) is 15.3. The number of carbonyl (C=O) groups is 2. The van der Waals surface area contributed by atoms with Gasteiger partial charge >= 0.3 is 6.09 Å². The minimum absolute atomic E-state index is 0.000288. The van der Waals surface area contributed by atoms with E-state index in [2.05, 4.69) is 10.4 Å². The molecule has 2 N–H and O–H groups in total. The topological polar surface area (TPSA) is 122 Å². The first-order valence-corrected chi connectivity index (χ1v) is 9.82. The van der Waals surface area contributed by atoms with Crippen LogP contribution in [0.2, 0.25) is 0 Å². The third-order valence-corrected chi connectivity index (χ3v) is 5.11. The summed E-state index contributed by atoms with van der Waals surface area (Å²) in [4.78, 5) is 24.5. The van der Waals surface area contributed by atoms with Crippen molar-refractivity contribution in [2.75, 3.05) is 19.5 Å². The highest BCUT2D eigenvalue weighted by Crippen LogP contribution is 2.34. The van der Waals surface area contributed by atoms with E-state index in [1.165, 1.54) is 0 Å². The normalized spacial score (nSPS) is 23.6. The average Bonchev–Trinajstić information content (AvgIpc) is 2.86. The molecule has 2 amide bonds. The van der Waals surface area contributed by atoms with Crippen LogP contribution in [-0.4, -0.2) is 62.5 Å². The van der Waals surface area contributed by atoms with Crippen molar-refractivity contribution in [1.29, 1.82) is 1.43 Å². The fraction of sp³-hybridized carbons (Fsp3) is 0.500. The van der Waals surface area contributed by atoms with Crippen molar-refractivity contribution in [2.24, 2.45) is 0 Å². The Hall–Kier alpha value is -2.17. The number of amides is 2. The van der Waals surface area contributed by atoms with Gasteiger partial charge in [-0.1, -0.05) is 30.3 Å². The van der Waals surface area contributed by atoms with Gasteiger partial charge < -0.3 is 19.9 Å². The largest absolute Gasteiger partial charge is 0.445 e. The molecule has 1 heterocycles. The Labute approximate surface area is 153 Å². The third-order valence-electron chi connectivity index (χ3n) is 3.93. The van der Waals surface area contributed by atoms with E-state index < -0.39 is 40.4 Å².